The molecule has 1 amide bonds. The summed E-state index contributed by atoms with van der Waals surface area (Å²) in [4.78, 5) is 14.0. The van der Waals surface area contributed by atoms with Crippen LogP contribution in [-0.4, -0.2) is 23.9 Å². The summed E-state index contributed by atoms with van der Waals surface area (Å²) >= 11 is 0. The molecule has 104 valence electrons. The van der Waals surface area contributed by atoms with Crippen molar-refractivity contribution in [3.63, 3.8) is 0 Å². The molecule has 1 aliphatic rings. The van der Waals surface area contributed by atoms with E-state index in [1.165, 1.54) is 12.5 Å². The zero-order valence-electron chi connectivity index (χ0n) is 11.3. The highest BCUT2D eigenvalue weighted by Gasteiger charge is 2.28. The van der Waals surface area contributed by atoms with E-state index in [1.54, 1.807) is 11.9 Å². The van der Waals surface area contributed by atoms with Gasteiger partial charge in [-0.3, -0.25) is 4.79 Å². The summed E-state index contributed by atoms with van der Waals surface area (Å²) in [5.41, 5.74) is 0.208. The van der Waals surface area contributed by atoms with E-state index in [0.29, 0.717) is 5.92 Å². The molecule has 2 atom stereocenters. The van der Waals surface area contributed by atoms with Crippen LogP contribution in [0.25, 0.3) is 0 Å². The van der Waals surface area contributed by atoms with Crippen LogP contribution in [0.4, 0.5) is 8.78 Å². The highest BCUT2D eigenvalue weighted by atomic mass is 19.2. The lowest BCUT2D eigenvalue weighted by molar-refractivity contribution is 0.0628. The Bertz CT molecular complexity index is 475. The van der Waals surface area contributed by atoms with Gasteiger partial charge < -0.3 is 4.90 Å². The maximum Gasteiger partial charge on any atom is 0.253 e. The van der Waals surface area contributed by atoms with E-state index >= 15 is 0 Å². The number of carbonyl (C=O) groups excluding carboxylic acids is 1. The van der Waals surface area contributed by atoms with E-state index < -0.39 is 11.6 Å². The highest BCUT2D eigenvalue weighted by molar-refractivity contribution is 5.94. The van der Waals surface area contributed by atoms with Crippen molar-refractivity contribution >= 4 is 5.91 Å². The van der Waals surface area contributed by atoms with Crippen molar-refractivity contribution in [3.05, 3.63) is 35.4 Å². The van der Waals surface area contributed by atoms with Crippen LogP contribution in [0, 0.1) is 17.6 Å². The predicted molar refractivity (Wildman–Crippen MR) is 69.9 cm³/mol. The smallest absolute Gasteiger partial charge is 0.253 e. The molecule has 0 bridgehead atoms. The molecule has 1 aromatic carbocycles. The number of rotatable bonds is 2. The molecule has 1 aromatic rings. The normalized spacial score (nSPS) is 23.2. The SMILES string of the molecule is CC1CCCCC1N(C)C(=O)c1ccc(F)c(F)c1. The third-order valence-electron chi connectivity index (χ3n) is 4.05. The molecule has 2 nitrogen and oxygen atoms in total. The van der Waals surface area contributed by atoms with Gasteiger partial charge in [0.2, 0.25) is 0 Å². The summed E-state index contributed by atoms with van der Waals surface area (Å²) in [7, 11) is 1.75. The van der Waals surface area contributed by atoms with Crippen LogP contribution in [0.15, 0.2) is 18.2 Å². The molecule has 1 fully saturated rings. The zero-order valence-corrected chi connectivity index (χ0v) is 11.3. The Morgan fingerprint density at radius 1 is 1.21 bits per heavy atom. The molecule has 19 heavy (non-hydrogen) atoms. The van der Waals surface area contributed by atoms with Gasteiger partial charge in [-0.25, -0.2) is 8.78 Å². The van der Waals surface area contributed by atoms with Gasteiger partial charge in [-0.1, -0.05) is 19.8 Å². The summed E-state index contributed by atoms with van der Waals surface area (Å²) in [5, 5.41) is 0. The largest absolute Gasteiger partial charge is 0.338 e. The fourth-order valence-corrected chi connectivity index (χ4v) is 2.86. The minimum absolute atomic E-state index is 0.189. The van der Waals surface area contributed by atoms with Crippen LogP contribution in [0.3, 0.4) is 0 Å². The van der Waals surface area contributed by atoms with E-state index in [9.17, 15) is 13.6 Å². The summed E-state index contributed by atoms with van der Waals surface area (Å²) in [5.74, 6) is -1.69. The Kier molecular flexibility index (Phi) is 4.17. The fraction of sp³-hybridized carbons (Fsp3) is 0.533. The van der Waals surface area contributed by atoms with E-state index in [4.69, 9.17) is 0 Å². The monoisotopic (exact) mass is 267 g/mol. The topological polar surface area (TPSA) is 20.3 Å². The average molecular weight is 267 g/mol. The summed E-state index contributed by atoms with van der Waals surface area (Å²) in [6.45, 7) is 2.14. The van der Waals surface area contributed by atoms with Gasteiger partial charge in [0, 0.05) is 18.7 Å². The van der Waals surface area contributed by atoms with Crippen molar-refractivity contribution in [2.45, 2.75) is 38.6 Å². The van der Waals surface area contributed by atoms with Crippen LogP contribution in [0.2, 0.25) is 0 Å². The number of hydrogen-bond acceptors (Lipinski definition) is 1. The van der Waals surface area contributed by atoms with Gasteiger partial charge in [0.05, 0.1) is 0 Å². The first-order chi connectivity index (χ1) is 9.00. The Labute approximate surface area is 112 Å². The van der Waals surface area contributed by atoms with Gasteiger partial charge in [0.25, 0.3) is 5.91 Å². The number of halogens is 2. The van der Waals surface area contributed by atoms with Gasteiger partial charge >= 0.3 is 0 Å². The zero-order chi connectivity index (χ0) is 14.0. The van der Waals surface area contributed by atoms with E-state index in [-0.39, 0.29) is 17.5 Å². The van der Waals surface area contributed by atoms with Crippen molar-refractivity contribution in [1.29, 1.82) is 0 Å². The summed E-state index contributed by atoms with van der Waals surface area (Å²) in [6, 6.07) is 3.50. The molecule has 2 unspecified atom stereocenters. The summed E-state index contributed by atoms with van der Waals surface area (Å²) in [6.07, 6.45) is 4.41. The molecule has 0 radical (unpaired) electrons. The number of carbonyl (C=O) groups is 1. The number of amides is 1. The van der Waals surface area contributed by atoms with E-state index in [0.717, 1.165) is 31.4 Å². The third kappa shape index (κ3) is 2.94. The van der Waals surface area contributed by atoms with Crippen LogP contribution < -0.4 is 0 Å². The molecular weight excluding hydrogens is 248 g/mol. The Balaban J connectivity index is 2.15. The van der Waals surface area contributed by atoms with Crippen molar-refractivity contribution in [2.75, 3.05) is 7.05 Å². The van der Waals surface area contributed by atoms with Gasteiger partial charge in [0.1, 0.15) is 0 Å². The average Bonchev–Trinajstić information content (AvgIpc) is 2.41. The number of benzene rings is 1. The van der Waals surface area contributed by atoms with Gasteiger partial charge in [-0.15, -0.1) is 0 Å². The van der Waals surface area contributed by atoms with Crippen LogP contribution >= 0.6 is 0 Å². The van der Waals surface area contributed by atoms with E-state index in [2.05, 4.69) is 6.92 Å². The predicted octanol–water partition coefficient (Wildman–Crippen LogP) is 3.62. The molecule has 2 rings (SSSR count). The quantitative estimate of drug-likeness (QED) is 0.801. The number of hydrogen-bond donors (Lipinski definition) is 0. The lowest BCUT2D eigenvalue weighted by Crippen LogP contribution is -2.42. The third-order valence-corrected chi connectivity index (χ3v) is 4.05. The molecule has 0 heterocycles. The lowest BCUT2D eigenvalue weighted by atomic mass is 9.85. The Morgan fingerprint density at radius 3 is 2.53 bits per heavy atom. The summed E-state index contributed by atoms with van der Waals surface area (Å²) < 4.78 is 26.1. The maximum atomic E-state index is 13.2. The second-order valence-corrected chi connectivity index (χ2v) is 5.37. The van der Waals surface area contributed by atoms with Gasteiger partial charge in [0.15, 0.2) is 11.6 Å². The molecule has 0 aromatic heterocycles. The highest BCUT2D eigenvalue weighted by Crippen LogP contribution is 2.28. The second kappa shape index (κ2) is 5.68. The Morgan fingerprint density at radius 2 is 1.89 bits per heavy atom. The molecule has 1 aliphatic carbocycles. The fourth-order valence-electron chi connectivity index (χ4n) is 2.86. The molecular formula is C15H19F2NO. The van der Waals surface area contributed by atoms with Gasteiger partial charge in [-0.05, 0) is 37.0 Å². The minimum Gasteiger partial charge on any atom is -0.338 e. The molecule has 0 saturated heterocycles. The van der Waals surface area contributed by atoms with Crippen molar-refractivity contribution < 1.29 is 13.6 Å². The van der Waals surface area contributed by atoms with E-state index in [1.807, 2.05) is 0 Å². The first-order valence-corrected chi connectivity index (χ1v) is 6.73. The maximum absolute atomic E-state index is 13.2. The first-order valence-electron chi connectivity index (χ1n) is 6.73. The number of nitrogens with zero attached hydrogens (tertiary/aromatic N) is 1. The Hall–Kier alpha value is -1.45. The van der Waals surface area contributed by atoms with Crippen molar-refractivity contribution in [3.8, 4) is 0 Å². The molecule has 1 saturated carbocycles. The molecule has 0 aliphatic heterocycles. The second-order valence-electron chi connectivity index (χ2n) is 5.37. The van der Waals surface area contributed by atoms with Crippen molar-refractivity contribution in [2.24, 2.45) is 5.92 Å². The van der Waals surface area contributed by atoms with Gasteiger partial charge in [-0.2, -0.15) is 0 Å². The minimum atomic E-state index is -0.976. The van der Waals surface area contributed by atoms with Crippen LogP contribution in [-0.2, 0) is 0 Å². The standard InChI is InChI=1S/C15H19F2NO/c1-10-5-3-4-6-14(10)18(2)15(19)11-7-8-12(16)13(17)9-11/h7-10,14H,3-6H2,1-2H3. The molecule has 4 heteroatoms. The van der Waals surface area contributed by atoms with Crippen LogP contribution in [0.1, 0.15) is 43.0 Å². The molecule has 0 spiro atoms. The lowest BCUT2D eigenvalue weighted by Gasteiger charge is -2.36. The molecule has 0 N–H and O–H groups in total. The van der Waals surface area contributed by atoms with Crippen molar-refractivity contribution in [1.82, 2.24) is 4.90 Å². The van der Waals surface area contributed by atoms with Crippen LogP contribution in [0.5, 0.6) is 0 Å². The first kappa shape index (κ1) is 14.0.